The number of sulfonamides is 1. The van der Waals surface area contributed by atoms with Crippen molar-refractivity contribution in [3.63, 3.8) is 0 Å². The first-order chi connectivity index (χ1) is 12.4. The lowest BCUT2D eigenvalue weighted by Gasteiger charge is -2.33. The van der Waals surface area contributed by atoms with Gasteiger partial charge in [0.15, 0.2) is 0 Å². The molecule has 1 aliphatic rings. The molecule has 0 bridgehead atoms. The molecule has 6 nitrogen and oxygen atoms in total. The lowest BCUT2D eigenvalue weighted by Crippen LogP contribution is -2.51. The summed E-state index contributed by atoms with van der Waals surface area (Å²) in [4.78, 5) is 12.8. The molecule has 1 aliphatic heterocycles. The molecule has 1 fully saturated rings. The average Bonchev–Trinajstić information content (AvgIpc) is 3.05. The smallest absolute Gasteiger partial charge is 0.243 e. The molecule has 1 saturated heterocycles. The first kappa shape index (κ1) is 18.9. The second-order valence-electron chi connectivity index (χ2n) is 6.31. The zero-order valence-corrected chi connectivity index (χ0v) is 16.0. The Kier molecular flexibility index (Phi) is 5.70. The quantitative estimate of drug-likeness (QED) is 0.842. The summed E-state index contributed by atoms with van der Waals surface area (Å²) in [6, 6.07) is 8.89. The number of amides is 1. The molecule has 1 aromatic heterocycles. The third-order valence-electron chi connectivity index (χ3n) is 4.41. The van der Waals surface area contributed by atoms with Crippen molar-refractivity contribution in [3.05, 3.63) is 52.9 Å². The summed E-state index contributed by atoms with van der Waals surface area (Å²) in [5.74, 6) is 1.09. The van der Waals surface area contributed by atoms with Crippen molar-refractivity contribution >= 4 is 27.5 Å². The van der Waals surface area contributed by atoms with Crippen molar-refractivity contribution in [2.45, 2.75) is 43.7 Å². The van der Waals surface area contributed by atoms with Crippen molar-refractivity contribution in [2.75, 3.05) is 6.54 Å². The van der Waals surface area contributed by atoms with E-state index in [1.165, 1.54) is 28.6 Å². The van der Waals surface area contributed by atoms with Crippen molar-refractivity contribution in [3.8, 4) is 0 Å². The maximum Gasteiger partial charge on any atom is 0.243 e. The number of piperidine rings is 1. The molecular formula is C18H21ClN2O4S. The fourth-order valence-electron chi connectivity index (χ4n) is 3.07. The molecule has 26 heavy (non-hydrogen) atoms. The second kappa shape index (κ2) is 7.82. The summed E-state index contributed by atoms with van der Waals surface area (Å²) in [6.45, 7) is 2.38. The number of hydrogen-bond donors (Lipinski definition) is 1. The molecule has 0 spiro atoms. The van der Waals surface area contributed by atoms with Crippen molar-refractivity contribution < 1.29 is 17.6 Å². The van der Waals surface area contributed by atoms with E-state index in [0.717, 1.165) is 18.6 Å². The van der Waals surface area contributed by atoms with Crippen molar-refractivity contribution in [1.29, 1.82) is 0 Å². The van der Waals surface area contributed by atoms with Gasteiger partial charge in [-0.15, -0.1) is 0 Å². The van der Waals surface area contributed by atoms with Crippen LogP contribution < -0.4 is 5.32 Å². The Balaban J connectivity index is 1.76. The highest BCUT2D eigenvalue weighted by molar-refractivity contribution is 7.89. The highest BCUT2D eigenvalue weighted by Crippen LogP contribution is 2.26. The Morgan fingerprint density at radius 1 is 1.23 bits per heavy atom. The molecule has 3 rings (SSSR count). The van der Waals surface area contributed by atoms with Gasteiger partial charge in [0.1, 0.15) is 17.6 Å². The lowest BCUT2D eigenvalue weighted by atomic mass is 10.0. The minimum absolute atomic E-state index is 0.142. The summed E-state index contributed by atoms with van der Waals surface area (Å²) >= 11 is 5.85. The number of nitrogens with one attached hydrogen (secondary N) is 1. The number of benzene rings is 1. The number of carbonyl (C=O) groups is 1. The fraction of sp³-hybridized carbons (Fsp3) is 0.389. The maximum absolute atomic E-state index is 13.0. The zero-order valence-electron chi connectivity index (χ0n) is 14.4. The van der Waals surface area contributed by atoms with E-state index in [9.17, 15) is 13.2 Å². The van der Waals surface area contributed by atoms with Gasteiger partial charge in [-0.1, -0.05) is 18.0 Å². The zero-order chi connectivity index (χ0) is 18.7. The maximum atomic E-state index is 13.0. The Hall–Kier alpha value is -1.83. The van der Waals surface area contributed by atoms with Gasteiger partial charge < -0.3 is 9.73 Å². The van der Waals surface area contributed by atoms with Crippen LogP contribution in [-0.2, 0) is 21.4 Å². The topological polar surface area (TPSA) is 79.6 Å². The minimum atomic E-state index is -3.76. The molecule has 1 aromatic carbocycles. The van der Waals surface area contributed by atoms with E-state index in [4.69, 9.17) is 16.0 Å². The normalized spacial score (nSPS) is 18.6. The third-order valence-corrected chi connectivity index (χ3v) is 6.58. The summed E-state index contributed by atoms with van der Waals surface area (Å²) in [7, 11) is -3.76. The Morgan fingerprint density at radius 2 is 1.96 bits per heavy atom. The number of halogens is 1. The molecule has 140 valence electrons. The molecule has 8 heteroatoms. The summed E-state index contributed by atoms with van der Waals surface area (Å²) < 4.78 is 32.7. The van der Waals surface area contributed by atoms with Gasteiger partial charge in [-0.05, 0) is 56.2 Å². The minimum Gasteiger partial charge on any atom is -0.465 e. The number of nitrogens with zero attached hydrogens (tertiary/aromatic N) is 1. The Morgan fingerprint density at radius 3 is 2.62 bits per heavy atom. The molecule has 1 atom stereocenters. The summed E-state index contributed by atoms with van der Waals surface area (Å²) in [5, 5.41) is 3.25. The summed E-state index contributed by atoms with van der Waals surface area (Å²) in [6.07, 6.45) is 2.04. The van der Waals surface area contributed by atoms with Gasteiger partial charge in [0.05, 0.1) is 11.4 Å². The van der Waals surface area contributed by atoms with E-state index in [1.807, 2.05) is 13.0 Å². The Bertz CT molecular complexity index is 877. The van der Waals surface area contributed by atoms with Gasteiger partial charge in [0.2, 0.25) is 15.9 Å². The molecule has 1 N–H and O–H groups in total. The summed E-state index contributed by atoms with van der Waals surface area (Å²) in [5.41, 5.74) is 0. The van der Waals surface area contributed by atoms with Crippen LogP contribution in [-0.4, -0.2) is 31.2 Å². The van der Waals surface area contributed by atoms with Crippen LogP contribution in [0.25, 0.3) is 0 Å². The van der Waals surface area contributed by atoms with Crippen LogP contribution in [0.2, 0.25) is 5.02 Å². The number of hydrogen-bond acceptors (Lipinski definition) is 4. The van der Waals surface area contributed by atoms with Crippen LogP contribution in [0.3, 0.4) is 0 Å². The van der Waals surface area contributed by atoms with Crippen LogP contribution in [0.4, 0.5) is 0 Å². The lowest BCUT2D eigenvalue weighted by molar-refractivity contribution is -0.125. The number of carbonyl (C=O) groups excluding carboxylic acids is 1. The number of furan rings is 1. The van der Waals surface area contributed by atoms with Crippen LogP contribution in [0.5, 0.6) is 0 Å². The fourth-order valence-corrected chi connectivity index (χ4v) is 4.85. The van der Waals surface area contributed by atoms with E-state index in [-0.39, 0.29) is 17.3 Å². The van der Waals surface area contributed by atoms with E-state index in [1.54, 1.807) is 6.07 Å². The molecule has 0 saturated carbocycles. The predicted molar refractivity (Wildman–Crippen MR) is 98.3 cm³/mol. The standard InChI is InChI=1S/C18H21ClN2O4S/c1-13-5-8-15(25-13)12-20-18(22)17-4-2-3-11-21(17)26(23,24)16-9-6-14(19)7-10-16/h5-10,17H,2-4,11-12H2,1H3,(H,20,22)/t17-/m0/s1. The molecule has 0 unspecified atom stereocenters. The molecular weight excluding hydrogens is 376 g/mol. The molecule has 2 heterocycles. The molecule has 1 amide bonds. The third kappa shape index (κ3) is 4.11. The molecule has 0 radical (unpaired) electrons. The van der Waals surface area contributed by atoms with Gasteiger partial charge in [-0.3, -0.25) is 4.79 Å². The van der Waals surface area contributed by atoms with E-state index in [0.29, 0.717) is 23.7 Å². The average molecular weight is 397 g/mol. The van der Waals surface area contributed by atoms with Crippen LogP contribution in [0.1, 0.15) is 30.8 Å². The van der Waals surface area contributed by atoms with Gasteiger partial charge >= 0.3 is 0 Å². The van der Waals surface area contributed by atoms with Crippen molar-refractivity contribution in [1.82, 2.24) is 9.62 Å². The van der Waals surface area contributed by atoms with Gasteiger partial charge in [0, 0.05) is 11.6 Å². The molecule has 2 aromatic rings. The predicted octanol–water partition coefficient (Wildman–Crippen LogP) is 3.10. The number of rotatable bonds is 5. The number of aryl methyl sites for hydroxylation is 1. The van der Waals surface area contributed by atoms with Gasteiger partial charge in [0.25, 0.3) is 0 Å². The Labute approximate surface area is 158 Å². The van der Waals surface area contributed by atoms with Gasteiger partial charge in [-0.25, -0.2) is 8.42 Å². The first-order valence-electron chi connectivity index (χ1n) is 8.48. The largest absolute Gasteiger partial charge is 0.465 e. The highest BCUT2D eigenvalue weighted by Gasteiger charge is 2.37. The highest BCUT2D eigenvalue weighted by atomic mass is 35.5. The second-order valence-corrected chi connectivity index (χ2v) is 8.64. The van der Waals surface area contributed by atoms with E-state index >= 15 is 0 Å². The van der Waals surface area contributed by atoms with E-state index in [2.05, 4.69) is 5.32 Å². The van der Waals surface area contributed by atoms with Crippen LogP contribution >= 0.6 is 11.6 Å². The monoisotopic (exact) mass is 396 g/mol. The van der Waals surface area contributed by atoms with Crippen LogP contribution in [0.15, 0.2) is 45.7 Å². The van der Waals surface area contributed by atoms with Crippen LogP contribution in [0, 0.1) is 6.92 Å². The SMILES string of the molecule is Cc1ccc(CNC(=O)[C@@H]2CCCCN2S(=O)(=O)c2ccc(Cl)cc2)o1. The van der Waals surface area contributed by atoms with Gasteiger partial charge in [-0.2, -0.15) is 4.31 Å². The van der Waals surface area contributed by atoms with E-state index < -0.39 is 16.1 Å². The first-order valence-corrected chi connectivity index (χ1v) is 10.3. The molecule has 0 aliphatic carbocycles. The van der Waals surface area contributed by atoms with Crippen molar-refractivity contribution in [2.24, 2.45) is 0 Å².